The Morgan fingerprint density at radius 3 is 2.25 bits per heavy atom. The molecule has 20 heavy (non-hydrogen) atoms. The van der Waals surface area contributed by atoms with Crippen LogP contribution in [-0.4, -0.2) is 81.7 Å². The van der Waals surface area contributed by atoms with Crippen molar-refractivity contribution in [2.24, 2.45) is 17.1 Å². The molecule has 0 radical (unpaired) electrons. The van der Waals surface area contributed by atoms with Gasteiger partial charge in [-0.15, -0.1) is 0 Å². The highest BCUT2D eigenvalue weighted by atomic mass is 15.2. The van der Waals surface area contributed by atoms with Crippen LogP contribution in [0, 0.1) is 11.3 Å². The summed E-state index contributed by atoms with van der Waals surface area (Å²) in [5, 5.41) is 0. The first kappa shape index (κ1) is 16.2. The molecule has 1 saturated heterocycles. The lowest BCUT2D eigenvalue weighted by Gasteiger charge is -2.52. The van der Waals surface area contributed by atoms with Crippen LogP contribution in [0.1, 0.15) is 25.7 Å². The fraction of sp³-hybridized carbons (Fsp3) is 1.00. The third-order valence-corrected chi connectivity index (χ3v) is 5.42. The van der Waals surface area contributed by atoms with E-state index >= 15 is 0 Å². The van der Waals surface area contributed by atoms with Gasteiger partial charge in [-0.1, -0.05) is 0 Å². The van der Waals surface area contributed by atoms with Crippen LogP contribution in [0.4, 0.5) is 0 Å². The predicted octanol–water partition coefficient (Wildman–Crippen LogP) is 0.931. The number of rotatable bonds is 7. The third-order valence-electron chi connectivity index (χ3n) is 5.42. The standard InChI is InChI=1S/C16H34N4/c1-18(2)8-9-19(3)10-11-20-6-4-16(5-7-20)12-15(13-16)14-17/h15H,4-14,17H2,1-3H3. The molecule has 0 atom stereocenters. The minimum atomic E-state index is 0.692. The van der Waals surface area contributed by atoms with Crippen molar-refractivity contribution < 1.29 is 0 Å². The Kier molecular flexibility index (Phi) is 5.84. The van der Waals surface area contributed by atoms with E-state index in [1.54, 1.807) is 0 Å². The highest BCUT2D eigenvalue weighted by molar-refractivity contribution is 4.97. The fourth-order valence-electron chi connectivity index (χ4n) is 3.79. The molecule has 118 valence electrons. The van der Waals surface area contributed by atoms with Crippen LogP contribution in [0.3, 0.4) is 0 Å². The van der Waals surface area contributed by atoms with E-state index in [1.165, 1.54) is 58.4 Å². The Morgan fingerprint density at radius 2 is 1.70 bits per heavy atom. The number of likely N-dealkylation sites (N-methyl/N-ethyl adjacent to an activating group) is 2. The smallest absolute Gasteiger partial charge is 0.0109 e. The van der Waals surface area contributed by atoms with Crippen LogP contribution in [-0.2, 0) is 0 Å². The summed E-state index contributed by atoms with van der Waals surface area (Å²) < 4.78 is 0. The van der Waals surface area contributed by atoms with E-state index < -0.39 is 0 Å². The molecule has 0 aromatic carbocycles. The van der Waals surface area contributed by atoms with Crippen molar-refractivity contribution in [1.29, 1.82) is 0 Å². The lowest BCUT2D eigenvalue weighted by molar-refractivity contribution is -0.0108. The first-order valence-corrected chi connectivity index (χ1v) is 8.29. The number of nitrogens with zero attached hydrogens (tertiary/aromatic N) is 3. The van der Waals surface area contributed by atoms with Gasteiger partial charge in [0.05, 0.1) is 0 Å². The van der Waals surface area contributed by atoms with Crippen LogP contribution in [0.15, 0.2) is 0 Å². The molecule has 1 aliphatic carbocycles. The number of likely N-dealkylation sites (tertiary alicyclic amines) is 1. The molecule has 1 spiro atoms. The maximum atomic E-state index is 5.76. The molecule has 2 fully saturated rings. The molecule has 0 unspecified atom stereocenters. The first-order valence-electron chi connectivity index (χ1n) is 8.29. The minimum absolute atomic E-state index is 0.692. The van der Waals surface area contributed by atoms with Crippen molar-refractivity contribution in [3.05, 3.63) is 0 Å². The molecule has 0 aromatic rings. The highest BCUT2D eigenvalue weighted by Crippen LogP contribution is 2.51. The van der Waals surface area contributed by atoms with Gasteiger partial charge in [0.2, 0.25) is 0 Å². The van der Waals surface area contributed by atoms with Gasteiger partial charge in [-0.2, -0.15) is 0 Å². The summed E-state index contributed by atoms with van der Waals surface area (Å²) in [6.45, 7) is 8.27. The number of nitrogens with two attached hydrogens (primary N) is 1. The molecular formula is C16H34N4. The molecule has 2 rings (SSSR count). The molecule has 2 aliphatic rings. The molecule has 1 saturated carbocycles. The van der Waals surface area contributed by atoms with Crippen molar-refractivity contribution in [2.45, 2.75) is 25.7 Å². The van der Waals surface area contributed by atoms with Crippen LogP contribution >= 0.6 is 0 Å². The average Bonchev–Trinajstić information content (AvgIpc) is 2.40. The summed E-state index contributed by atoms with van der Waals surface area (Å²) in [6, 6.07) is 0. The molecule has 2 N–H and O–H groups in total. The fourth-order valence-corrected chi connectivity index (χ4v) is 3.79. The number of piperidine rings is 1. The largest absolute Gasteiger partial charge is 0.330 e. The van der Waals surface area contributed by atoms with E-state index in [2.05, 4.69) is 35.8 Å². The predicted molar refractivity (Wildman–Crippen MR) is 85.9 cm³/mol. The van der Waals surface area contributed by atoms with E-state index in [0.29, 0.717) is 5.41 Å². The molecule has 0 amide bonds. The van der Waals surface area contributed by atoms with E-state index in [-0.39, 0.29) is 0 Å². The van der Waals surface area contributed by atoms with Gasteiger partial charge in [0, 0.05) is 26.2 Å². The lowest BCUT2D eigenvalue weighted by atomic mass is 9.57. The zero-order valence-corrected chi connectivity index (χ0v) is 13.8. The normalized spacial score (nSPS) is 23.7. The summed E-state index contributed by atoms with van der Waals surface area (Å²) in [4.78, 5) is 7.37. The van der Waals surface area contributed by atoms with Crippen molar-refractivity contribution in [2.75, 3.05) is 67.0 Å². The van der Waals surface area contributed by atoms with Gasteiger partial charge in [0.15, 0.2) is 0 Å². The first-order chi connectivity index (χ1) is 9.53. The van der Waals surface area contributed by atoms with E-state index in [1.807, 2.05) is 0 Å². The Morgan fingerprint density at radius 1 is 1.05 bits per heavy atom. The second kappa shape index (κ2) is 7.21. The molecule has 1 heterocycles. The molecule has 1 aliphatic heterocycles. The molecule has 4 heteroatoms. The van der Waals surface area contributed by atoms with Crippen LogP contribution in [0.5, 0.6) is 0 Å². The zero-order valence-electron chi connectivity index (χ0n) is 13.8. The van der Waals surface area contributed by atoms with E-state index in [0.717, 1.165) is 19.0 Å². The molecule has 0 aromatic heterocycles. The lowest BCUT2D eigenvalue weighted by Crippen LogP contribution is -2.49. The maximum Gasteiger partial charge on any atom is 0.0109 e. The molecule has 0 bridgehead atoms. The Hall–Kier alpha value is -0.160. The monoisotopic (exact) mass is 282 g/mol. The van der Waals surface area contributed by atoms with Gasteiger partial charge in [0.1, 0.15) is 0 Å². The van der Waals surface area contributed by atoms with Crippen molar-refractivity contribution in [1.82, 2.24) is 14.7 Å². The van der Waals surface area contributed by atoms with Crippen LogP contribution in [0.2, 0.25) is 0 Å². The number of hydrogen-bond acceptors (Lipinski definition) is 4. The molecule has 4 nitrogen and oxygen atoms in total. The SMILES string of the molecule is CN(C)CCN(C)CCN1CCC2(CC1)CC(CN)C2. The Balaban J connectivity index is 1.58. The van der Waals surface area contributed by atoms with Gasteiger partial charge in [0.25, 0.3) is 0 Å². The van der Waals surface area contributed by atoms with Crippen LogP contribution < -0.4 is 5.73 Å². The van der Waals surface area contributed by atoms with Gasteiger partial charge in [-0.25, -0.2) is 0 Å². The Bertz CT molecular complexity index is 276. The summed E-state index contributed by atoms with van der Waals surface area (Å²) in [5.74, 6) is 0.832. The van der Waals surface area contributed by atoms with Gasteiger partial charge in [-0.05, 0) is 77.8 Å². The zero-order chi connectivity index (χ0) is 14.6. The average molecular weight is 282 g/mol. The third kappa shape index (κ3) is 4.42. The minimum Gasteiger partial charge on any atom is -0.330 e. The summed E-state index contributed by atoms with van der Waals surface area (Å²) >= 11 is 0. The van der Waals surface area contributed by atoms with Crippen molar-refractivity contribution in [3.8, 4) is 0 Å². The number of hydrogen-bond donors (Lipinski definition) is 1. The topological polar surface area (TPSA) is 35.7 Å². The van der Waals surface area contributed by atoms with E-state index in [9.17, 15) is 0 Å². The van der Waals surface area contributed by atoms with Crippen LogP contribution in [0.25, 0.3) is 0 Å². The van der Waals surface area contributed by atoms with Crippen molar-refractivity contribution >= 4 is 0 Å². The molecular weight excluding hydrogens is 248 g/mol. The summed E-state index contributed by atoms with van der Waals surface area (Å²) in [7, 11) is 6.53. The second-order valence-corrected chi connectivity index (χ2v) is 7.46. The summed E-state index contributed by atoms with van der Waals surface area (Å²) in [5.41, 5.74) is 6.45. The quantitative estimate of drug-likeness (QED) is 0.753. The van der Waals surface area contributed by atoms with Crippen molar-refractivity contribution in [3.63, 3.8) is 0 Å². The van der Waals surface area contributed by atoms with Gasteiger partial charge < -0.3 is 20.4 Å². The maximum absolute atomic E-state index is 5.76. The Labute approximate surface area is 125 Å². The van der Waals surface area contributed by atoms with E-state index in [4.69, 9.17) is 5.73 Å². The van der Waals surface area contributed by atoms with Gasteiger partial charge in [-0.3, -0.25) is 0 Å². The highest BCUT2D eigenvalue weighted by Gasteiger charge is 2.44. The summed E-state index contributed by atoms with van der Waals surface area (Å²) in [6.07, 6.45) is 5.62. The van der Waals surface area contributed by atoms with Gasteiger partial charge >= 0.3 is 0 Å². The second-order valence-electron chi connectivity index (χ2n) is 7.46.